The molecule has 0 unspecified atom stereocenters. The normalized spacial score (nSPS) is 10.6. The second kappa shape index (κ2) is 5.45. The topological polar surface area (TPSA) is 60.7 Å². The zero-order valence-corrected chi connectivity index (χ0v) is 12.1. The van der Waals surface area contributed by atoms with Gasteiger partial charge in [-0.15, -0.1) is 0 Å². The molecule has 3 rings (SSSR count). The maximum absolute atomic E-state index is 10.6. The molecule has 3 N–H and O–H groups in total. The number of phenolic OH excluding ortho intramolecular Hbond substituents is 3. The van der Waals surface area contributed by atoms with Crippen LogP contribution in [0.3, 0.4) is 0 Å². The SMILES string of the molecule is Cc1cc(-c2ccc(O)cc2)c(O)c(-c2ccc(O)cc2)c1. The molecule has 3 aromatic rings. The lowest BCUT2D eigenvalue weighted by molar-refractivity contribution is 0.474. The van der Waals surface area contributed by atoms with Gasteiger partial charge in [0.25, 0.3) is 0 Å². The molecular weight excluding hydrogens is 276 g/mol. The Hall–Kier alpha value is -2.94. The summed E-state index contributed by atoms with van der Waals surface area (Å²) >= 11 is 0. The van der Waals surface area contributed by atoms with E-state index in [4.69, 9.17) is 0 Å². The van der Waals surface area contributed by atoms with E-state index in [1.807, 2.05) is 19.1 Å². The quantitative estimate of drug-likeness (QED) is 0.654. The number of hydrogen-bond acceptors (Lipinski definition) is 3. The predicted molar refractivity (Wildman–Crippen MR) is 87.0 cm³/mol. The Kier molecular flexibility index (Phi) is 3.47. The van der Waals surface area contributed by atoms with Crippen molar-refractivity contribution in [3.63, 3.8) is 0 Å². The van der Waals surface area contributed by atoms with E-state index in [-0.39, 0.29) is 17.2 Å². The first-order chi connectivity index (χ1) is 10.5. The van der Waals surface area contributed by atoms with Gasteiger partial charge in [-0.05, 0) is 60.0 Å². The summed E-state index contributed by atoms with van der Waals surface area (Å²) < 4.78 is 0. The van der Waals surface area contributed by atoms with Crippen LogP contribution in [0.15, 0.2) is 60.7 Å². The monoisotopic (exact) mass is 292 g/mol. The van der Waals surface area contributed by atoms with Gasteiger partial charge in [-0.3, -0.25) is 0 Å². The number of aryl methyl sites for hydroxylation is 1. The second-order valence-corrected chi connectivity index (χ2v) is 5.30. The minimum atomic E-state index is 0.182. The largest absolute Gasteiger partial charge is 0.508 e. The van der Waals surface area contributed by atoms with Crippen LogP contribution in [0, 0.1) is 6.92 Å². The van der Waals surface area contributed by atoms with Gasteiger partial charge >= 0.3 is 0 Å². The summed E-state index contributed by atoms with van der Waals surface area (Å²) in [4.78, 5) is 0. The van der Waals surface area contributed by atoms with Crippen LogP contribution in [0.2, 0.25) is 0 Å². The van der Waals surface area contributed by atoms with Crippen LogP contribution in [0.4, 0.5) is 0 Å². The molecule has 22 heavy (non-hydrogen) atoms. The van der Waals surface area contributed by atoms with Crippen LogP contribution >= 0.6 is 0 Å². The van der Waals surface area contributed by atoms with E-state index < -0.39 is 0 Å². The summed E-state index contributed by atoms with van der Waals surface area (Å²) in [5.74, 6) is 0.561. The summed E-state index contributed by atoms with van der Waals surface area (Å²) in [6.07, 6.45) is 0. The van der Waals surface area contributed by atoms with E-state index in [1.54, 1.807) is 48.5 Å². The molecule has 0 saturated carbocycles. The number of benzene rings is 3. The number of phenols is 3. The van der Waals surface area contributed by atoms with Crippen molar-refractivity contribution in [3.8, 4) is 39.5 Å². The minimum absolute atomic E-state index is 0.182. The van der Waals surface area contributed by atoms with Crippen LogP contribution in [0.5, 0.6) is 17.2 Å². The highest BCUT2D eigenvalue weighted by molar-refractivity contribution is 5.83. The van der Waals surface area contributed by atoms with Gasteiger partial charge in [0.15, 0.2) is 0 Å². The smallest absolute Gasteiger partial charge is 0.131 e. The fourth-order valence-corrected chi connectivity index (χ4v) is 2.50. The van der Waals surface area contributed by atoms with Gasteiger partial charge in [0.05, 0.1) is 0 Å². The van der Waals surface area contributed by atoms with Crippen LogP contribution in [0.1, 0.15) is 5.56 Å². The third-order valence-corrected chi connectivity index (χ3v) is 3.61. The molecule has 110 valence electrons. The maximum atomic E-state index is 10.6. The zero-order valence-electron chi connectivity index (χ0n) is 12.1. The fraction of sp³-hybridized carbons (Fsp3) is 0.0526. The summed E-state index contributed by atoms with van der Waals surface area (Å²) in [6, 6.07) is 17.3. The van der Waals surface area contributed by atoms with E-state index in [0.29, 0.717) is 11.1 Å². The number of aromatic hydroxyl groups is 3. The first-order valence-corrected chi connectivity index (χ1v) is 6.97. The van der Waals surface area contributed by atoms with Crippen LogP contribution in [-0.4, -0.2) is 15.3 Å². The van der Waals surface area contributed by atoms with Crippen molar-refractivity contribution < 1.29 is 15.3 Å². The van der Waals surface area contributed by atoms with Crippen LogP contribution in [-0.2, 0) is 0 Å². The van der Waals surface area contributed by atoms with Crippen molar-refractivity contribution in [2.24, 2.45) is 0 Å². The van der Waals surface area contributed by atoms with Gasteiger partial charge < -0.3 is 15.3 Å². The molecular formula is C19H16O3. The standard InChI is InChI=1S/C19H16O3/c1-12-10-17(13-2-6-15(20)7-3-13)19(22)18(11-12)14-4-8-16(21)9-5-14/h2-11,20-22H,1H3. The molecule has 0 saturated heterocycles. The van der Waals surface area contributed by atoms with Gasteiger partial charge in [-0.2, -0.15) is 0 Å². The highest BCUT2D eigenvalue weighted by Crippen LogP contribution is 2.39. The van der Waals surface area contributed by atoms with Gasteiger partial charge in [0, 0.05) is 11.1 Å². The van der Waals surface area contributed by atoms with Gasteiger partial charge in [-0.25, -0.2) is 0 Å². The number of hydrogen-bond donors (Lipinski definition) is 3. The molecule has 0 fully saturated rings. The zero-order chi connectivity index (χ0) is 15.7. The summed E-state index contributed by atoms with van der Waals surface area (Å²) in [5.41, 5.74) is 4.10. The molecule has 0 spiro atoms. The Labute approximate surface area is 128 Å². The van der Waals surface area contributed by atoms with Crippen molar-refractivity contribution >= 4 is 0 Å². The van der Waals surface area contributed by atoms with E-state index in [9.17, 15) is 15.3 Å². The molecule has 0 aromatic heterocycles. The van der Waals surface area contributed by atoms with Gasteiger partial charge in [0.2, 0.25) is 0 Å². The van der Waals surface area contributed by atoms with Crippen LogP contribution < -0.4 is 0 Å². The Balaban J connectivity index is 2.17. The van der Waals surface area contributed by atoms with Crippen molar-refractivity contribution in [2.45, 2.75) is 6.92 Å². The van der Waals surface area contributed by atoms with Crippen LogP contribution in [0.25, 0.3) is 22.3 Å². The lowest BCUT2D eigenvalue weighted by Gasteiger charge is -2.12. The lowest BCUT2D eigenvalue weighted by Crippen LogP contribution is -1.87. The summed E-state index contributed by atoms with van der Waals surface area (Å²) in [5, 5.41) is 29.4. The lowest BCUT2D eigenvalue weighted by atomic mass is 9.95. The van der Waals surface area contributed by atoms with Crippen molar-refractivity contribution in [1.29, 1.82) is 0 Å². The highest BCUT2D eigenvalue weighted by atomic mass is 16.3. The Morgan fingerprint density at radius 3 is 1.32 bits per heavy atom. The van der Waals surface area contributed by atoms with Crippen molar-refractivity contribution in [3.05, 3.63) is 66.2 Å². The predicted octanol–water partition coefficient (Wildman–Crippen LogP) is 4.45. The number of rotatable bonds is 2. The third kappa shape index (κ3) is 2.61. The molecule has 3 heteroatoms. The maximum Gasteiger partial charge on any atom is 0.131 e. The average Bonchev–Trinajstić information content (AvgIpc) is 2.51. The second-order valence-electron chi connectivity index (χ2n) is 5.30. The van der Waals surface area contributed by atoms with Crippen molar-refractivity contribution in [2.75, 3.05) is 0 Å². The molecule has 0 heterocycles. The molecule has 0 radical (unpaired) electrons. The average molecular weight is 292 g/mol. The fourth-order valence-electron chi connectivity index (χ4n) is 2.50. The molecule has 0 bridgehead atoms. The van der Waals surface area contributed by atoms with E-state index in [1.165, 1.54) is 0 Å². The molecule has 0 atom stereocenters. The van der Waals surface area contributed by atoms with E-state index in [0.717, 1.165) is 16.7 Å². The third-order valence-electron chi connectivity index (χ3n) is 3.61. The molecule has 0 aliphatic rings. The Morgan fingerprint density at radius 2 is 0.955 bits per heavy atom. The highest BCUT2D eigenvalue weighted by Gasteiger charge is 2.12. The summed E-state index contributed by atoms with van der Waals surface area (Å²) in [6.45, 7) is 1.97. The van der Waals surface area contributed by atoms with Gasteiger partial charge in [-0.1, -0.05) is 24.3 Å². The van der Waals surface area contributed by atoms with E-state index >= 15 is 0 Å². The molecule has 0 aliphatic heterocycles. The minimum Gasteiger partial charge on any atom is -0.508 e. The molecule has 3 nitrogen and oxygen atoms in total. The molecule has 0 aliphatic carbocycles. The van der Waals surface area contributed by atoms with Crippen molar-refractivity contribution in [1.82, 2.24) is 0 Å². The molecule has 3 aromatic carbocycles. The summed E-state index contributed by atoms with van der Waals surface area (Å²) in [7, 11) is 0. The first kappa shape index (κ1) is 14.0. The first-order valence-electron chi connectivity index (χ1n) is 6.97. The van der Waals surface area contributed by atoms with E-state index in [2.05, 4.69) is 0 Å². The van der Waals surface area contributed by atoms with Gasteiger partial charge in [0.1, 0.15) is 17.2 Å². The Morgan fingerprint density at radius 1 is 0.591 bits per heavy atom. The Bertz CT molecular complexity index is 737. The molecule has 0 amide bonds.